The minimum atomic E-state index is -1.42. The number of pyridine rings is 1. The van der Waals surface area contributed by atoms with Gasteiger partial charge in [-0.3, -0.25) is 14.5 Å². The molecule has 4 aromatic rings. The van der Waals surface area contributed by atoms with Gasteiger partial charge in [0.2, 0.25) is 5.91 Å². The summed E-state index contributed by atoms with van der Waals surface area (Å²) in [7, 11) is 0. The van der Waals surface area contributed by atoms with Crippen molar-refractivity contribution in [3.63, 3.8) is 0 Å². The van der Waals surface area contributed by atoms with Crippen LogP contribution in [0.3, 0.4) is 0 Å². The van der Waals surface area contributed by atoms with Crippen LogP contribution >= 0.6 is 11.3 Å². The van der Waals surface area contributed by atoms with Crippen LogP contribution in [-0.2, 0) is 4.79 Å². The summed E-state index contributed by atoms with van der Waals surface area (Å²) in [6.07, 6.45) is 1.27. The molecular weight excluding hydrogens is 521 g/mol. The number of anilines is 3. The van der Waals surface area contributed by atoms with Crippen LogP contribution < -0.4 is 20.3 Å². The fraction of sp³-hybridized carbons (Fsp3) is 0.143. The van der Waals surface area contributed by atoms with E-state index in [-0.39, 0.29) is 18.0 Å². The maximum absolute atomic E-state index is 14.6. The van der Waals surface area contributed by atoms with E-state index >= 15 is 0 Å². The Morgan fingerprint density at radius 2 is 1.85 bits per heavy atom. The number of carbonyl (C=O) groups excluding carboxylic acids is 3. The molecule has 0 spiro atoms. The van der Waals surface area contributed by atoms with E-state index in [2.05, 4.69) is 22.2 Å². The highest BCUT2D eigenvalue weighted by molar-refractivity contribution is 7.21. The van der Waals surface area contributed by atoms with E-state index in [9.17, 15) is 18.8 Å². The highest BCUT2D eigenvalue weighted by atomic mass is 32.1. The number of thiophene rings is 1. The van der Waals surface area contributed by atoms with E-state index in [0.29, 0.717) is 38.8 Å². The van der Waals surface area contributed by atoms with Gasteiger partial charge in [0.15, 0.2) is 0 Å². The predicted octanol–water partition coefficient (Wildman–Crippen LogP) is 5.24. The van der Waals surface area contributed by atoms with Crippen molar-refractivity contribution in [3.05, 3.63) is 84.4 Å². The Balaban J connectivity index is 1.27. The molecule has 4 amide bonds. The third-order valence-corrected chi connectivity index (χ3v) is 7.67. The lowest BCUT2D eigenvalue weighted by atomic mass is 10.1. The summed E-state index contributed by atoms with van der Waals surface area (Å²) in [5.74, 6) is 0.369. The summed E-state index contributed by atoms with van der Waals surface area (Å²) < 4.78 is 20.4. The van der Waals surface area contributed by atoms with Crippen molar-refractivity contribution in [2.45, 2.75) is 12.2 Å². The van der Waals surface area contributed by atoms with Gasteiger partial charge < -0.3 is 20.3 Å². The molecule has 1 fully saturated rings. The molecule has 2 aliphatic rings. The molecule has 0 saturated carbocycles. The highest BCUT2D eigenvalue weighted by Crippen LogP contribution is 2.46. The van der Waals surface area contributed by atoms with E-state index in [1.165, 1.54) is 9.80 Å². The van der Waals surface area contributed by atoms with Crippen molar-refractivity contribution in [1.29, 1.82) is 0 Å². The molecule has 0 bridgehead atoms. The van der Waals surface area contributed by atoms with Crippen molar-refractivity contribution in [2.24, 2.45) is 0 Å². The molecule has 1 saturated heterocycles. The standard InChI is InChI=1S/C28H22FN5O4S/c1-2-22(35)33-14-19(29)20(15-33)31-26(36)25-24-23-21(12-13-30-27(23)39-25)34(28(37)32-24)16-8-10-18(11-9-16)38-17-6-4-3-5-7-17/h2-13,19-20H,1,14-15H2,(H,31,36)(H,32,37)/t19-,20?/m0/s1. The van der Waals surface area contributed by atoms with Gasteiger partial charge in [-0.25, -0.2) is 14.2 Å². The second-order valence-electron chi connectivity index (χ2n) is 9.03. The Hall–Kier alpha value is -4.77. The zero-order chi connectivity index (χ0) is 27.1. The summed E-state index contributed by atoms with van der Waals surface area (Å²) in [6, 6.07) is 16.8. The first-order valence-electron chi connectivity index (χ1n) is 12.1. The van der Waals surface area contributed by atoms with Crippen molar-refractivity contribution in [3.8, 4) is 11.5 Å². The summed E-state index contributed by atoms with van der Waals surface area (Å²) >= 11 is 1.11. The van der Waals surface area contributed by atoms with Crippen LogP contribution in [0.5, 0.6) is 11.5 Å². The molecule has 2 aromatic heterocycles. The predicted molar refractivity (Wildman–Crippen MR) is 147 cm³/mol. The minimum Gasteiger partial charge on any atom is -0.457 e. The minimum absolute atomic E-state index is 0.0333. The Labute approximate surface area is 226 Å². The number of amides is 4. The largest absolute Gasteiger partial charge is 0.457 e. The molecular formula is C28H22FN5O4S. The summed E-state index contributed by atoms with van der Waals surface area (Å²) in [5.41, 5.74) is 1.49. The number of ether oxygens (including phenoxy) is 1. The van der Waals surface area contributed by atoms with Crippen LogP contribution in [-0.4, -0.2) is 53.0 Å². The molecule has 196 valence electrons. The van der Waals surface area contributed by atoms with Gasteiger partial charge in [0.25, 0.3) is 5.91 Å². The number of likely N-dealkylation sites (tertiary alicyclic amines) is 1. The highest BCUT2D eigenvalue weighted by Gasteiger charge is 2.38. The van der Waals surface area contributed by atoms with Gasteiger partial charge in [-0.15, -0.1) is 11.3 Å². The molecule has 2 aromatic carbocycles. The number of halogens is 1. The number of nitrogens with one attached hydrogen (secondary N) is 2. The molecule has 0 aliphatic carbocycles. The first-order valence-corrected chi connectivity index (χ1v) is 13.0. The van der Waals surface area contributed by atoms with Gasteiger partial charge in [-0.1, -0.05) is 24.8 Å². The number of rotatable bonds is 6. The van der Waals surface area contributed by atoms with Crippen LogP contribution in [0, 0.1) is 0 Å². The number of para-hydroxylation sites is 1. The maximum atomic E-state index is 14.6. The third-order valence-electron chi connectivity index (χ3n) is 6.58. The fourth-order valence-electron chi connectivity index (χ4n) is 4.73. The number of alkyl halides is 1. The first kappa shape index (κ1) is 24.6. The molecule has 1 unspecified atom stereocenters. The number of carbonyl (C=O) groups is 3. The van der Waals surface area contributed by atoms with Gasteiger partial charge in [0.05, 0.1) is 35.0 Å². The van der Waals surface area contributed by atoms with Crippen molar-refractivity contribution >= 4 is 56.5 Å². The molecule has 4 heterocycles. The zero-order valence-corrected chi connectivity index (χ0v) is 21.3. The van der Waals surface area contributed by atoms with Gasteiger partial charge in [-0.05, 0) is 48.5 Å². The molecule has 2 N–H and O–H groups in total. The van der Waals surface area contributed by atoms with Crippen LogP contribution in [0.1, 0.15) is 9.67 Å². The summed E-state index contributed by atoms with van der Waals surface area (Å²) in [6.45, 7) is 3.33. The normalized spacial score (nSPS) is 18.1. The Kier molecular flexibility index (Phi) is 6.20. The van der Waals surface area contributed by atoms with Crippen LogP contribution in [0.15, 0.2) is 79.5 Å². The fourth-order valence-corrected chi connectivity index (χ4v) is 5.75. The molecule has 2 atom stereocenters. The van der Waals surface area contributed by atoms with E-state index in [0.717, 1.165) is 17.4 Å². The Bertz CT molecular complexity index is 1610. The lowest BCUT2D eigenvalue weighted by molar-refractivity contribution is -0.125. The Morgan fingerprint density at radius 3 is 2.59 bits per heavy atom. The van der Waals surface area contributed by atoms with E-state index in [4.69, 9.17) is 4.74 Å². The van der Waals surface area contributed by atoms with E-state index in [1.807, 2.05) is 30.3 Å². The first-order chi connectivity index (χ1) is 18.9. The second kappa shape index (κ2) is 9.84. The second-order valence-corrected chi connectivity index (χ2v) is 10.0. The number of nitrogens with zero attached hydrogens (tertiary/aromatic N) is 3. The molecule has 39 heavy (non-hydrogen) atoms. The van der Waals surface area contributed by atoms with Crippen molar-refractivity contribution < 1.29 is 23.5 Å². The number of benzene rings is 2. The SMILES string of the molecule is C=CC(=O)N1CC(NC(=O)c2sc3nccc4c3c2NC(=O)N4c2ccc(Oc3ccccc3)cc2)[C@@H](F)C1. The van der Waals surface area contributed by atoms with Gasteiger partial charge in [-0.2, -0.15) is 0 Å². The average Bonchev–Trinajstić information content (AvgIpc) is 3.50. The lowest BCUT2D eigenvalue weighted by Gasteiger charge is -2.28. The number of aromatic nitrogens is 1. The van der Waals surface area contributed by atoms with Crippen LogP contribution in [0.4, 0.5) is 26.2 Å². The number of hydrogen-bond acceptors (Lipinski definition) is 6. The van der Waals surface area contributed by atoms with Crippen LogP contribution in [0.25, 0.3) is 10.2 Å². The van der Waals surface area contributed by atoms with Gasteiger partial charge >= 0.3 is 6.03 Å². The average molecular weight is 544 g/mol. The Morgan fingerprint density at radius 1 is 1.10 bits per heavy atom. The smallest absolute Gasteiger partial charge is 0.331 e. The summed E-state index contributed by atoms with van der Waals surface area (Å²) in [5, 5.41) is 6.12. The van der Waals surface area contributed by atoms with E-state index in [1.54, 1.807) is 36.5 Å². The molecule has 9 nitrogen and oxygen atoms in total. The van der Waals surface area contributed by atoms with Gasteiger partial charge in [0.1, 0.15) is 27.4 Å². The van der Waals surface area contributed by atoms with Crippen LogP contribution in [0.2, 0.25) is 0 Å². The monoisotopic (exact) mass is 543 g/mol. The van der Waals surface area contributed by atoms with Gasteiger partial charge in [0, 0.05) is 12.7 Å². The van der Waals surface area contributed by atoms with Crippen molar-refractivity contribution in [2.75, 3.05) is 23.3 Å². The molecule has 6 rings (SSSR count). The maximum Gasteiger partial charge on any atom is 0.331 e. The lowest BCUT2D eigenvalue weighted by Crippen LogP contribution is -2.42. The van der Waals surface area contributed by atoms with E-state index < -0.39 is 30.1 Å². The van der Waals surface area contributed by atoms with Crippen molar-refractivity contribution in [1.82, 2.24) is 15.2 Å². The number of hydrogen-bond donors (Lipinski definition) is 2. The topological polar surface area (TPSA) is 104 Å². The quantitative estimate of drug-likeness (QED) is 0.324. The zero-order valence-electron chi connectivity index (χ0n) is 20.5. The third kappa shape index (κ3) is 4.46. The molecule has 2 aliphatic heterocycles. The number of urea groups is 1. The molecule has 0 radical (unpaired) electrons. The molecule has 11 heteroatoms. The summed E-state index contributed by atoms with van der Waals surface area (Å²) in [4.78, 5) is 46.4.